The minimum Gasteiger partial charge on any atom is -0.395 e. The van der Waals surface area contributed by atoms with Gasteiger partial charge in [0.05, 0.1) is 37.1 Å². The predicted octanol–water partition coefficient (Wildman–Crippen LogP) is 4.90. The van der Waals surface area contributed by atoms with E-state index >= 15 is 0 Å². The monoisotopic (exact) mass is 675 g/mol. The van der Waals surface area contributed by atoms with E-state index in [1.165, 1.54) is 48.9 Å². The summed E-state index contributed by atoms with van der Waals surface area (Å²) in [6.45, 7) is 5.96. The molecule has 2 saturated carbocycles. The number of ether oxygens (including phenoxy) is 1. The van der Waals surface area contributed by atoms with Crippen molar-refractivity contribution in [3.05, 3.63) is 89.4 Å². The fourth-order valence-electron chi connectivity index (χ4n) is 8.54. The number of piperidine rings is 1. The zero-order valence-electron chi connectivity index (χ0n) is 29.1. The molecule has 50 heavy (non-hydrogen) atoms. The van der Waals surface area contributed by atoms with Gasteiger partial charge in [0.15, 0.2) is 0 Å². The molecule has 1 spiro atoms. The van der Waals surface area contributed by atoms with Gasteiger partial charge >= 0.3 is 0 Å². The van der Waals surface area contributed by atoms with Crippen LogP contribution in [0.4, 0.5) is 5.82 Å². The molecule has 0 unspecified atom stereocenters. The number of carbonyl (C=O) groups is 1. The molecule has 0 bridgehead atoms. The van der Waals surface area contributed by atoms with Gasteiger partial charge in [-0.3, -0.25) is 14.4 Å². The molecule has 1 saturated heterocycles. The summed E-state index contributed by atoms with van der Waals surface area (Å²) in [6.07, 6.45) is 13.0. The predicted molar refractivity (Wildman–Crippen MR) is 194 cm³/mol. The molecule has 4 heterocycles. The number of carbonyl (C=O) groups excluding carboxylic acids is 1. The topological polar surface area (TPSA) is 122 Å². The summed E-state index contributed by atoms with van der Waals surface area (Å²) in [5.74, 6) is -0.0127. The zero-order valence-corrected chi connectivity index (χ0v) is 29.1. The van der Waals surface area contributed by atoms with Gasteiger partial charge in [-0.2, -0.15) is 5.10 Å². The fourth-order valence-corrected chi connectivity index (χ4v) is 8.54. The van der Waals surface area contributed by atoms with Crippen LogP contribution in [0.3, 0.4) is 0 Å². The van der Waals surface area contributed by atoms with E-state index in [1.807, 2.05) is 13.2 Å². The highest BCUT2D eigenvalue weighted by Crippen LogP contribution is 2.53. The van der Waals surface area contributed by atoms with Gasteiger partial charge in [0.2, 0.25) is 0 Å². The summed E-state index contributed by atoms with van der Waals surface area (Å²) < 4.78 is 8.13. The highest BCUT2D eigenvalue weighted by atomic mass is 16.5. The quantitative estimate of drug-likeness (QED) is 0.217. The maximum absolute atomic E-state index is 13.3. The van der Waals surface area contributed by atoms with Crippen LogP contribution in [0.15, 0.2) is 67.1 Å². The number of rotatable bonds is 10. The summed E-state index contributed by atoms with van der Waals surface area (Å²) in [4.78, 5) is 22.8. The number of nitrogens with two attached hydrogens (primary N) is 1. The second kappa shape index (κ2) is 13.9. The van der Waals surface area contributed by atoms with Crippen LogP contribution in [-0.2, 0) is 30.4 Å². The summed E-state index contributed by atoms with van der Waals surface area (Å²) in [5.41, 5.74) is 15.2. The Labute approximate surface area is 294 Å². The van der Waals surface area contributed by atoms with Gasteiger partial charge in [0, 0.05) is 61.7 Å². The summed E-state index contributed by atoms with van der Waals surface area (Å²) in [7, 11) is 1.86. The lowest BCUT2D eigenvalue weighted by Crippen LogP contribution is -2.49. The number of aryl methyl sites for hydroxylation is 1. The number of anilines is 1. The summed E-state index contributed by atoms with van der Waals surface area (Å²) >= 11 is 0. The average Bonchev–Trinajstić information content (AvgIpc) is 3.52. The van der Waals surface area contributed by atoms with Crippen molar-refractivity contribution in [2.75, 3.05) is 38.5 Å². The van der Waals surface area contributed by atoms with Crippen LogP contribution in [0.2, 0.25) is 0 Å². The van der Waals surface area contributed by atoms with Gasteiger partial charge < -0.3 is 25.8 Å². The number of hydrogen-bond donors (Lipinski definition) is 3. The van der Waals surface area contributed by atoms with E-state index in [1.54, 1.807) is 28.7 Å². The van der Waals surface area contributed by atoms with Crippen molar-refractivity contribution in [1.29, 1.82) is 0 Å². The molecule has 10 nitrogen and oxygen atoms in total. The number of nitrogen functional groups attached to an aromatic ring is 1. The average molecular weight is 676 g/mol. The first-order valence-corrected chi connectivity index (χ1v) is 18.3. The molecule has 3 fully saturated rings. The molecule has 2 aliphatic carbocycles. The van der Waals surface area contributed by atoms with Crippen LogP contribution in [0.25, 0.3) is 22.3 Å². The van der Waals surface area contributed by atoms with E-state index in [-0.39, 0.29) is 30.5 Å². The van der Waals surface area contributed by atoms with Gasteiger partial charge in [-0.15, -0.1) is 0 Å². The Balaban J connectivity index is 0.879. The molecular weight excluding hydrogens is 626 g/mol. The Hall–Kier alpha value is -4.09. The molecule has 10 heteroatoms. The van der Waals surface area contributed by atoms with Gasteiger partial charge in [-0.25, -0.2) is 4.98 Å². The third-order valence-electron chi connectivity index (χ3n) is 11.6. The molecular formula is C40H49N7O3. The van der Waals surface area contributed by atoms with Crippen molar-refractivity contribution in [2.45, 2.75) is 81.7 Å². The molecule has 8 rings (SSSR count). The molecule has 2 aliphatic heterocycles. The minimum absolute atomic E-state index is 0.0580. The van der Waals surface area contributed by atoms with Crippen molar-refractivity contribution in [1.82, 2.24) is 29.9 Å². The van der Waals surface area contributed by atoms with Crippen LogP contribution in [-0.4, -0.2) is 86.6 Å². The lowest BCUT2D eigenvalue weighted by atomic mass is 9.83. The molecule has 2 aromatic heterocycles. The lowest BCUT2D eigenvalue weighted by Gasteiger charge is -2.43. The van der Waals surface area contributed by atoms with Crippen molar-refractivity contribution in [2.24, 2.45) is 7.05 Å². The number of aliphatic hydroxyl groups excluding tert-OH is 1. The second-order valence-electron chi connectivity index (χ2n) is 15.0. The van der Waals surface area contributed by atoms with Gasteiger partial charge in [-0.05, 0) is 91.9 Å². The van der Waals surface area contributed by atoms with Gasteiger partial charge in [-0.1, -0.05) is 42.5 Å². The summed E-state index contributed by atoms with van der Waals surface area (Å²) in [5, 5.41) is 16.7. The second-order valence-corrected chi connectivity index (χ2v) is 15.0. The Morgan fingerprint density at radius 3 is 2.54 bits per heavy atom. The molecule has 0 radical (unpaired) electrons. The third kappa shape index (κ3) is 6.82. The number of aromatic nitrogens is 3. The Bertz CT molecular complexity index is 1830. The fraction of sp³-hybridized carbons (Fsp3) is 0.475. The normalized spacial score (nSPS) is 22.1. The molecule has 4 aromatic rings. The molecule has 4 aliphatic rings. The molecule has 262 valence electrons. The van der Waals surface area contributed by atoms with Gasteiger partial charge in [0.25, 0.3) is 5.91 Å². The van der Waals surface area contributed by atoms with Crippen LogP contribution in [0.1, 0.15) is 72.0 Å². The van der Waals surface area contributed by atoms with Crippen LogP contribution >= 0.6 is 0 Å². The highest BCUT2D eigenvalue weighted by Gasteiger charge is 2.50. The number of nitrogens with zero attached hydrogens (tertiary/aromatic N) is 5. The first kappa shape index (κ1) is 33.1. The van der Waals surface area contributed by atoms with E-state index in [0.717, 1.165) is 62.1 Å². The highest BCUT2D eigenvalue weighted by molar-refractivity contribution is 5.99. The van der Waals surface area contributed by atoms with Crippen molar-refractivity contribution >= 4 is 11.7 Å². The number of β-amino-alcohol motifs (C(OH)–C–C–N with tert-alkyl or cyclic N) is 1. The number of fused-ring (bicyclic) bond motifs is 2. The minimum atomic E-state index is -0.226. The van der Waals surface area contributed by atoms with E-state index in [0.29, 0.717) is 23.6 Å². The Morgan fingerprint density at radius 1 is 1.00 bits per heavy atom. The maximum atomic E-state index is 13.3. The number of hydrogen-bond acceptors (Lipinski definition) is 8. The maximum Gasteiger partial charge on any atom is 0.255 e. The van der Waals surface area contributed by atoms with Crippen LogP contribution < -0.4 is 11.1 Å². The molecule has 2 aromatic carbocycles. The smallest absolute Gasteiger partial charge is 0.255 e. The number of nitrogens with one attached hydrogen (secondary N) is 1. The number of benzene rings is 2. The van der Waals surface area contributed by atoms with Crippen LogP contribution in [0.5, 0.6) is 0 Å². The number of likely N-dealkylation sites (tertiary alicyclic amines) is 1. The first-order valence-electron chi connectivity index (χ1n) is 18.3. The van der Waals surface area contributed by atoms with Crippen molar-refractivity contribution < 1.29 is 14.6 Å². The standard InChI is InChI=1S/C40H49N7O3/c1-45-23-32(22-43-45)31-19-34(38(41)42-21-31)39(49)44-36-3-2-4-37(36)50-25-27-5-7-28(8-6-27)29-9-10-30-24-47(26-40(13-14-40)35(30)20-29)33-11-15-46(16-12-33)17-18-48/h5-10,19-23,33,36-37,48H,2-4,11-18,24-26H2,1H3,(H2,41,42)(H,44,49)/t36-,37-/m0/s1. The summed E-state index contributed by atoms with van der Waals surface area (Å²) in [6, 6.07) is 18.3. The largest absolute Gasteiger partial charge is 0.395 e. The van der Waals surface area contributed by atoms with E-state index in [9.17, 15) is 9.90 Å². The third-order valence-corrected chi connectivity index (χ3v) is 11.6. The van der Waals surface area contributed by atoms with Gasteiger partial charge in [0.1, 0.15) is 5.82 Å². The van der Waals surface area contributed by atoms with E-state index in [2.05, 4.69) is 67.7 Å². The van der Waals surface area contributed by atoms with E-state index < -0.39 is 0 Å². The van der Waals surface area contributed by atoms with Crippen LogP contribution in [0, 0.1) is 0 Å². The molecule has 2 atom stereocenters. The Kier molecular flexibility index (Phi) is 9.20. The Morgan fingerprint density at radius 2 is 1.80 bits per heavy atom. The SMILES string of the molecule is Cn1cc(-c2cnc(N)c(C(=O)N[C@H]3CCC[C@@H]3OCc3ccc(-c4ccc5c(c4)C4(CC4)CN(C4CCN(CCO)CC4)C5)cc3)c2)cn1. The first-order chi connectivity index (χ1) is 24.4. The van der Waals surface area contributed by atoms with Crippen molar-refractivity contribution in [3.63, 3.8) is 0 Å². The zero-order chi connectivity index (χ0) is 34.2. The lowest BCUT2D eigenvalue weighted by molar-refractivity contribution is 0.0272. The van der Waals surface area contributed by atoms with E-state index in [4.69, 9.17) is 10.5 Å². The van der Waals surface area contributed by atoms with Crippen molar-refractivity contribution in [3.8, 4) is 22.3 Å². The molecule has 1 amide bonds. The number of aliphatic hydroxyl groups is 1. The number of amides is 1. The molecule has 4 N–H and O–H groups in total. The number of pyridine rings is 1.